The maximum absolute atomic E-state index is 11.1. The first kappa shape index (κ1) is 16.3. The van der Waals surface area contributed by atoms with Crippen LogP contribution in [0.5, 0.6) is 0 Å². The molecule has 2 heterocycles. The second-order valence-corrected chi connectivity index (χ2v) is 6.61. The zero-order chi connectivity index (χ0) is 16.4. The summed E-state index contributed by atoms with van der Waals surface area (Å²) in [7, 11) is 0. The van der Waals surface area contributed by atoms with Crippen LogP contribution in [0.3, 0.4) is 0 Å². The Morgan fingerprint density at radius 3 is 2.87 bits per heavy atom. The summed E-state index contributed by atoms with van der Waals surface area (Å²) in [6.07, 6.45) is 1.02. The van der Waals surface area contributed by atoms with Gasteiger partial charge in [-0.1, -0.05) is 23.2 Å². The van der Waals surface area contributed by atoms with Crippen molar-refractivity contribution in [1.29, 1.82) is 0 Å². The molecular weight excluding hydrogens is 335 g/mol. The fourth-order valence-electron chi connectivity index (χ4n) is 2.89. The van der Waals surface area contributed by atoms with Crippen LogP contribution >= 0.6 is 23.2 Å². The highest BCUT2D eigenvalue weighted by Crippen LogP contribution is 2.31. The highest BCUT2D eigenvalue weighted by atomic mass is 35.5. The van der Waals surface area contributed by atoms with Gasteiger partial charge in [-0.05, 0) is 37.6 Å². The first-order valence-corrected chi connectivity index (χ1v) is 8.30. The standard InChI is InChI=1S/C16H18Cl2N4O/c1-10(14-3-5-16(23)21-20-14)19-12-6-7-22(9-12)15-4-2-11(17)8-13(15)18/h2-5,8,10,12,19H,6-7,9H2,1H3,(H,21,23). The minimum Gasteiger partial charge on any atom is -0.369 e. The van der Waals surface area contributed by atoms with Crippen LogP contribution < -0.4 is 15.8 Å². The topological polar surface area (TPSA) is 61.0 Å². The molecule has 1 saturated heterocycles. The second-order valence-electron chi connectivity index (χ2n) is 5.76. The molecule has 0 saturated carbocycles. The van der Waals surface area contributed by atoms with Crippen LogP contribution in [0, 0.1) is 0 Å². The van der Waals surface area contributed by atoms with E-state index in [1.165, 1.54) is 6.07 Å². The molecule has 3 rings (SSSR count). The van der Waals surface area contributed by atoms with E-state index in [2.05, 4.69) is 20.4 Å². The zero-order valence-electron chi connectivity index (χ0n) is 12.7. The van der Waals surface area contributed by atoms with Crippen molar-refractivity contribution >= 4 is 28.9 Å². The van der Waals surface area contributed by atoms with Crippen LogP contribution in [0.25, 0.3) is 0 Å². The minimum absolute atomic E-state index is 0.0671. The smallest absolute Gasteiger partial charge is 0.264 e. The fraction of sp³-hybridized carbons (Fsp3) is 0.375. The zero-order valence-corrected chi connectivity index (χ0v) is 14.2. The molecule has 1 aliphatic rings. The van der Waals surface area contributed by atoms with E-state index in [4.69, 9.17) is 23.2 Å². The van der Waals surface area contributed by atoms with Gasteiger partial charge in [0.2, 0.25) is 0 Å². The summed E-state index contributed by atoms with van der Waals surface area (Å²) in [6, 6.07) is 9.24. The number of nitrogens with one attached hydrogen (secondary N) is 2. The number of H-pyrrole nitrogens is 1. The first-order valence-electron chi connectivity index (χ1n) is 7.54. The molecule has 1 aromatic carbocycles. The summed E-state index contributed by atoms with van der Waals surface area (Å²) in [6.45, 7) is 3.85. The third-order valence-corrected chi connectivity index (χ3v) is 4.61. The molecule has 2 unspecified atom stereocenters. The van der Waals surface area contributed by atoms with Crippen molar-refractivity contribution in [1.82, 2.24) is 15.5 Å². The van der Waals surface area contributed by atoms with Gasteiger partial charge >= 0.3 is 0 Å². The van der Waals surface area contributed by atoms with Crippen molar-refractivity contribution in [3.8, 4) is 0 Å². The Bertz CT molecular complexity index is 729. The van der Waals surface area contributed by atoms with Crippen molar-refractivity contribution in [2.45, 2.75) is 25.4 Å². The van der Waals surface area contributed by atoms with E-state index in [9.17, 15) is 4.79 Å². The molecule has 5 nitrogen and oxygen atoms in total. The maximum Gasteiger partial charge on any atom is 0.264 e. The Kier molecular flexibility index (Phi) is 4.90. The summed E-state index contributed by atoms with van der Waals surface area (Å²) in [5.74, 6) is 0. The molecule has 0 spiro atoms. The number of hydrogen-bond acceptors (Lipinski definition) is 4. The highest BCUT2D eigenvalue weighted by Gasteiger charge is 2.25. The maximum atomic E-state index is 11.1. The third-order valence-electron chi connectivity index (χ3n) is 4.07. The lowest BCUT2D eigenvalue weighted by atomic mass is 10.2. The van der Waals surface area contributed by atoms with Crippen molar-refractivity contribution in [3.63, 3.8) is 0 Å². The molecule has 1 aliphatic heterocycles. The lowest BCUT2D eigenvalue weighted by Crippen LogP contribution is -2.35. The number of anilines is 1. The Morgan fingerprint density at radius 2 is 2.17 bits per heavy atom. The SMILES string of the molecule is CC(NC1CCN(c2ccc(Cl)cc2Cl)C1)c1ccc(=O)[nH]n1. The number of aromatic nitrogens is 2. The van der Waals surface area contributed by atoms with Gasteiger partial charge in [0.05, 0.1) is 16.4 Å². The Hall–Kier alpha value is -1.56. The average molecular weight is 353 g/mol. The van der Waals surface area contributed by atoms with Crippen molar-refractivity contribution in [2.75, 3.05) is 18.0 Å². The van der Waals surface area contributed by atoms with E-state index in [-0.39, 0.29) is 11.6 Å². The number of rotatable bonds is 4. The van der Waals surface area contributed by atoms with Gasteiger partial charge in [0.25, 0.3) is 5.56 Å². The van der Waals surface area contributed by atoms with Crippen LogP contribution in [-0.2, 0) is 0 Å². The fourth-order valence-corrected chi connectivity index (χ4v) is 3.42. The quantitative estimate of drug-likeness (QED) is 0.887. The lowest BCUT2D eigenvalue weighted by molar-refractivity contribution is 0.470. The number of benzene rings is 1. The summed E-state index contributed by atoms with van der Waals surface area (Å²) in [4.78, 5) is 13.3. The minimum atomic E-state index is -0.189. The molecule has 2 N–H and O–H groups in total. The normalized spacial score (nSPS) is 19.1. The molecule has 0 amide bonds. The van der Waals surface area contributed by atoms with Gasteiger partial charge in [0.1, 0.15) is 0 Å². The van der Waals surface area contributed by atoms with Crippen LogP contribution in [0.2, 0.25) is 10.0 Å². The summed E-state index contributed by atoms with van der Waals surface area (Å²) >= 11 is 12.2. The summed E-state index contributed by atoms with van der Waals surface area (Å²) < 4.78 is 0. The van der Waals surface area contributed by atoms with Crippen molar-refractivity contribution < 1.29 is 0 Å². The van der Waals surface area contributed by atoms with Gasteiger partial charge in [0.15, 0.2) is 0 Å². The van der Waals surface area contributed by atoms with E-state index in [0.717, 1.165) is 30.9 Å². The number of aromatic amines is 1. The monoisotopic (exact) mass is 352 g/mol. The summed E-state index contributed by atoms with van der Waals surface area (Å²) in [5.41, 5.74) is 1.65. The van der Waals surface area contributed by atoms with E-state index in [0.29, 0.717) is 16.1 Å². The third kappa shape index (κ3) is 3.86. The Morgan fingerprint density at radius 1 is 1.35 bits per heavy atom. The molecule has 1 fully saturated rings. The molecular formula is C16H18Cl2N4O. The Labute approximate surface area is 144 Å². The van der Waals surface area contributed by atoms with Gasteiger partial charge in [-0.25, -0.2) is 5.10 Å². The van der Waals surface area contributed by atoms with Crippen LogP contribution in [0.1, 0.15) is 25.1 Å². The molecule has 7 heteroatoms. The van der Waals surface area contributed by atoms with Crippen LogP contribution in [0.15, 0.2) is 35.1 Å². The predicted molar refractivity (Wildman–Crippen MR) is 93.5 cm³/mol. The van der Waals surface area contributed by atoms with Crippen molar-refractivity contribution in [3.05, 3.63) is 56.4 Å². The predicted octanol–water partition coefficient (Wildman–Crippen LogP) is 3.01. The van der Waals surface area contributed by atoms with Crippen molar-refractivity contribution in [2.24, 2.45) is 0 Å². The lowest BCUT2D eigenvalue weighted by Gasteiger charge is -2.22. The van der Waals surface area contributed by atoms with Crippen LogP contribution in [0.4, 0.5) is 5.69 Å². The molecule has 0 radical (unpaired) electrons. The average Bonchev–Trinajstić information content (AvgIpc) is 2.96. The van der Waals surface area contributed by atoms with E-state index in [1.54, 1.807) is 12.1 Å². The molecule has 2 aromatic rings. The van der Waals surface area contributed by atoms with E-state index >= 15 is 0 Å². The molecule has 2 atom stereocenters. The van der Waals surface area contributed by atoms with Gasteiger partial charge in [-0.15, -0.1) is 0 Å². The molecule has 0 bridgehead atoms. The number of halogens is 2. The second kappa shape index (κ2) is 6.91. The highest BCUT2D eigenvalue weighted by molar-refractivity contribution is 6.36. The largest absolute Gasteiger partial charge is 0.369 e. The Balaban J connectivity index is 1.63. The molecule has 122 valence electrons. The van der Waals surface area contributed by atoms with E-state index < -0.39 is 0 Å². The molecule has 23 heavy (non-hydrogen) atoms. The van der Waals surface area contributed by atoms with Gasteiger partial charge < -0.3 is 10.2 Å². The number of hydrogen-bond donors (Lipinski definition) is 2. The van der Waals surface area contributed by atoms with Gasteiger partial charge in [0, 0.05) is 36.3 Å². The molecule has 0 aliphatic carbocycles. The summed E-state index contributed by atoms with van der Waals surface area (Å²) in [5, 5.41) is 11.4. The number of nitrogens with zero attached hydrogens (tertiary/aromatic N) is 2. The van der Waals surface area contributed by atoms with Gasteiger partial charge in [-0.2, -0.15) is 5.10 Å². The first-order chi connectivity index (χ1) is 11.0. The van der Waals surface area contributed by atoms with Crippen LogP contribution in [-0.4, -0.2) is 29.3 Å². The molecule has 1 aromatic heterocycles. The van der Waals surface area contributed by atoms with E-state index in [1.807, 2.05) is 19.1 Å². The van der Waals surface area contributed by atoms with Gasteiger partial charge in [-0.3, -0.25) is 4.79 Å².